The lowest BCUT2D eigenvalue weighted by atomic mass is 9.81. The highest BCUT2D eigenvalue weighted by molar-refractivity contribution is 5.83. The van der Waals surface area contributed by atoms with Crippen molar-refractivity contribution < 1.29 is 22.5 Å². The molecule has 150 valence electrons. The Balaban J connectivity index is 1.58. The van der Waals surface area contributed by atoms with Crippen molar-refractivity contribution in [3.05, 3.63) is 41.2 Å². The second-order valence-electron chi connectivity index (χ2n) is 7.83. The molecule has 5 nitrogen and oxygen atoms in total. The number of fused-ring (bicyclic) bond motifs is 1. The Kier molecular flexibility index (Phi) is 4.69. The van der Waals surface area contributed by atoms with Gasteiger partial charge in [0.2, 0.25) is 5.91 Å². The number of hydrogen-bond acceptors (Lipinski definition) is 4. The number of benzene rings is 1. The minimum Gasteiger partial charge on any atom is -0.360 e. The van der Waals surface area contributed by atoms with Gasteiger partial charge in [-0.3, -0.25) is 4.79 Å². The Morgan fingerprint density at radius 2 is 2.04 bits per heavy atom. The zero-order valence-electron chi connectivity index (χ0n) is 15.6. The van der Waals surface area contributed by atoms with Crippen LogP contribution in [-0.2, 0) is 23.9 Å². The molecule has 1 saturated heterocycles. The summed E-state index contributed by atoms with van der Waals surface area (Å²) in [5.74, 6) is 0.802. The van der Waals surface area contributed by atoms with Crippen LogP contribution in [0, 0.1) is 5.41 Å². The van der Waals surface area contributed by atoms with Gasteiger partial charge in [-0.25, -0.2) is 0 Å². The third kappa shape index (κ3) is 3.41. The zero-order valence-corrected chi connectivity index (χ0v) is 15.6. The largest absolute Gasteiger partial charge is 0.416 e. The predicted molar refractivity (Wildman–Crippen MR) is 96.3 cm³/mol. The van der Waals surface area contributed by atoms with E-state index in [1.165, 1.54) is 12.1 Å². The summed E-state index contributed by atoms with van der Waals surface area (Å²) in [6.07, 6.45) is -2.02. The summed E-state index contributed by atoms with van der Waals surface area (Å²) < 4.78 is 43.8. The SMILES string of the molecule is C[C@@]1(C(=O)N2CCc3onc(-c4ccc(C(F)(F)F)cc4)c3C2)CCCNC1. The fourth-order valence-electron chi connectivity index (χ4n) is 4.05. The van der Waals surface area contributed by atoms with Gasteiger partial charge in [-0.05, 0) is 38.4 Å². The van der Waals surface area contributed by atoms with Crippen molar-refractivity contribution in [3.63, 3.8) is 0 Å². The number of amides is 1. The molecule has 1 aromatic carbocycles. The molecule has 1 N–H and O–H groups in total. The van der Waals surface area contributed by atoms with Crippen LogP contribution >= 0.6 is 0 Å². The molecular formula is C20H22F3N3O2. The Morgan fingerprint density at radius 3 is 2.68 bits per heavy atom. The number of carbonyl (C=O) groups is 1. The lowest BCUT2D eigenvalue weighted by Gasteiger charge is -2.38. The van der Waals surface area contributed by atoms with Gasteiger partial charge in [0.25, 0.3) is 0 Å². The van der Waals surface area contributed by atoms with Crippen molar-refractivity contribution in [1.82, 2.24) is 15.4 Å². The molecular weight excluding hydrogens is 371 g/mol. The summed E-state index contributed by atoms with van der Waals surface area (Å²) in [4.78, 5) is 14.9. The van der Waals surface area contributed by atoms with Crippen molar-refractivity contribution in [2.24, 2.45) is 5.41 Å². The summed E-state index contributed by atoms with van der Waals surface area (Å²) in [6, 6.07) is 4.87. The van der Waals surface area contributed by atoms with Crippen LogP contribution in [0.2, 0.25) is 0 Å². The van der Waals surface area contributed by atoms with E-state index in [9.17, 15) is 18.0 Å². The highest BCUT2D eigenvalue weighted by Crippen LogP contribution is 2.35. The van der Waals surface area contributed by atoms with Crippen LogP contribution < -0.4 is 5.32 Å². The number of hydrogen-bond donors (Lipinski definition) is 1. The van der Waals surface area contributed by atoms with E-state index < -0.39 is 17.2 Å². The third-order valence-electron chi connectivity index (χ3n) is 5.71. The van der Waals surface area contributed by atoms with Gasteiger partial charge in [0.05, 0.1) is 17.5 Å². The molecule has 0 bridgehead atoms. The minimum atomic E-state index is -4.38. The molecule has 0 saturated carbocycles. The Morgan fingerprint density at radius 1 is 1.29 bits per heavy atom. The van der Waals surface area contributed by atoms with E-state index in [0.717, 1.165) is 37.1 Å². The third-order valence-corrected chi connectivity index (χ3v) is 5.71. The molecule has 4 rings (SSSR count). The Hall–Kier alpha value is -2.35. The first-order valence-corrected chi connectivity index (χ1v) is 9.43. The van der Waals surface area contributed by atoms with Crippen molar-refractivity contribution >= 4 is 5.91 Å². The molecule has 2 aromatic rings. The van der Waals surface area contributed by atoms with Gasteiger partial charge in [-0.2, -0.15) is 13.2 Å². The van der Waals surface area contributed by atoms with Gasteiger partial charge < -0.3 is 14.7 Å². The summed E-state index contributed by atoms with van der Waals surface area (Å²) in [7, 11) is 0. The maximum absolute atomic E-state index is 13.1. The van der Waals surface area contributed by atoms with Crippen LogP contribution in [0.5, 0.6) is 0 Å². The molecule has 2 aliphatic rings. The Bertz CT molecular complexity index is 868. The van der Waals surface area contributed by atoms with E-state index >= 15 is 0 Å². The van der Waals surface area contributed by atoms with E-state index in [4.69, 9.17) is 4.52 Å². The molecule has 0 spiro atoms. The standard InChI is InChI=1S/C20H22F3N3O2/c1-19(8-2-9-24-12-19)18(27)26-10-7-16-15(11-26)17(25-28-16)13-3-5-14(6-4-13)20(21,22)23/h3-6,24H,2,7-12H2,1H3/t19-/m1/s1. The fraction of sp³-hybridized carbons (Fsp3) is 0.500. The van der Waals surface area contributed by atoms with E-state index in [2.05, 4.69) is 10.5 Å². The first kappa shape index (κ1) is 19.0. The van der Waals surface area contributed by atoms with Crippen LogP contribution in [-0.4, -0.2) is 35.6 Å². The van der Waals surface area contributed by atoms with E-state index in [0.29, 0.717) is 43.1 Å². The number of nitrogens with one attached hydrogen (secondary N) is 1. The monoisotopic (exact) mass is 393 g/mol. The molecule has 0 unspecified atom stereocenters. The van der Waals surface area contributed by atoms with Gasteiger partial charge >= 0.3 is 6.18 Å². The molecule has 28 heavy (non-hydrogen) atoms. The molecule has 2 aliphatic heterocycles. The van der Waals surface area contributed by atoms with Crippen LogP contribution in [0.25, 0.3) is 11.3 Å². The summed E-state index contributed by atoms with van der Waals surface area (Å²) >= 11 is 0. The summed E-state index contributed by atoms with van der Waals surface area (Å²) in [5.41, 5.74) is 0.711. The maximum atomic E-state index is 13.1. The van der Waals surface area contributed by atoms with Gasteiger partial charge in [-0.15, -0.1) is 0 Å². The minimum absolute atomic E-state index is 0.102. The fourth-order valence-corrected chi connectivity index (χ4v) is 4.05. The van der Waals surface area contributed by atoms with Gasteiger partial charge in [0, 0.05) is 30.6 Å². The Labute approximate surface area is 160 Å². The lowest BCUT2D eigenvalue weighted by molar-refractivity contribution is -0.143. The molecule has 3 heterocycles. The van der Waals surface area contributed by atoms with Crippen molar-refractivity contribution in [2.45, 2.75) is 38.9 Å². The van der Waals surface area contributed by atoms with Crippen LogP contribution in [0.1, 0.15) is 36.7 Å². The van der Waals surface area contributed by atoms with Gasteiger partial charge in [-0.1, -0.05) is 17.3 Å². The van der Waals surface area contributed by atoms with E-state index in [1.807, 2.05) is 11.8 Å². The highest BCUT2D eigenvalue weighted by Gasteiger charge is 2.39. The highest BCUT2D eigenvalue weighted by atomic mass is 19.4. The quantitative estimate of drug-likeness (QED) is 0.847. The van der Waals surface area contributed by atoms with E-state index in [-0.39, 0.29) is 5.91 Å². The number of alkyl halides is 3. The van der Waals surface area contributed by atoms with Gasteiger partial charge in [0.15, 0.2) is 0 Å². The number of nitrogens with zero attached hydrogens (tertiary/aromatic N) is 2. The number of halogens is 3. The zero-order chi connectivity index (χ0) is 19.9. The van der Waals surface area contributed by atoms with Crippen LogP contribution in [0.15, 0.2) is 28.8 Å². The smallest absolute Gasteiger partial charge is 0.360 e. The topological polar surface area (TPSA) is 58.4 Å². The van der Waals surface area contributed by atoms with Crippen LogP contribution in [0.4, 0.5) is 13.2 Å². The molecule has 1 amide bonds. The normalized spacial score (nSPS) is 22.8. The van der Waals surface area contributed by atoms with Crippen molar-refractivity contribution in [2.75, 3.05) is 19.6 Å². The van der Waals surface area contributed by atoms with E-state index in [1.54, 1.807) is 0 Å². The van der Waals surface area contributed by atoms with Crippen LogP contribution in [0.3, 0.4) is 0 Å². The van der Waals surface area contributed by atoms with Crippen molar-refractivity contribution in [1.29, 1.82) is 0 Å². The first-order valence-electron chi connectivity index (χ1n) is 9.43. The number of aromatic nitrogens is 1. The lowest BCUT2D eigenvalue weighted by Crippen LogP contribution is -2.51. The second-order valence-corrected chi connectivity index (χ2v) is 7.83. The molecule has 0 aliphatic carbocycles. The first-order chi connectivity index (χ1) is 13.3. The molecule has 1 aromatic heterocycles. The predicted octanol–water partition coefficient (Wildman–Crippen LogP) is 3.63. The summed E-state index contributed by atoms with van der Waals surface area (Å²) in [6.45, 7) is 4.50. The average Bonchev–Trinajstić information content (AvgIpc) is 3.10. The number of carbonyl (C=O) groups excluding carboxylic acids is 1. The molecule has 1 atom stereocenters. The molecule has 8 heteroatoms. The molecule has 1 fully saturated rings. The number of piperidine rings is 1. The summed E-state index contributed by atoms with van der Waals surface area (Å²) in [5, 5.41) is 7.37. The van der Waals surface area contributed by atoms with Gasteiger partial charge in [0.1, 0.15) is 11.5 Å². The maximum Gasteiger partial charge on any atom is 0.416 e. The average molecular weight is 393 g/mol. The second kappa shape index (κ2) is 6.92. The molecule has 0 radical (unpaired) electrons. The van der Waals surface area contributed by atoms with Crippen molar-refractivity contribution in [3.8, 4) is 11.3 Å². The number of rotatable bonds is 2.